The largest absolute Gasteiger partial charge is 0.309 e. The van der Waals surface area contributed by atoms with Crippen LogP contribution in [-0.4, -0.2) is 6.54 Å². The van der Waals surface area contributed by atoms with Crippen molar-refractivity contribution in [2.24, 2.45) is 5.41 Å². The summed E-state index contributed by atoms with van der Waals surface area (Å²) in [6.45, 7) is 1.15. The summed E-state index contributed by atoms with van der Waals surface area (Å²) < 4.78 is 0. The van der Waals surface area contributed by atoms with E-state index in [4.69, 9.17) is 0 Å². The lowest BCUT2D eigenvalue weighted by Crippen LogP contribution is -2.29. The molecule has 1 spiro atoms. The minimum absolute atomic E-state index is 0.408. The monoisotopic (exact) mass is 249 g/mol. The molecular formula is C18H19N. The molecule has 1 heteroatoms. The van der Waals surface area contributed by atoms with Crippen molar-refractivity contribution in [1.82, 2.24) is 5.32 Å². The van der Waals surface area contributed by atoms with Crippen LogP contribution < -0.4 is 5.32 Å². The van der Waals surface area contributed by atoms with Crippen LogP contribution in [-0.2, 0) is 12.8 Å². The van der Waals surface area contributed by atoms with E-state index < -0.39 is 0 Å². The summed E-state index contributed by atoms with van der Waals surface area (Å²) in [6, 6.07) is 20.5. The quantitative estimate of drug-likeness (QED) is 0.815. The molecule has 1 heterocycles. The molecule has 2 aromatic carbocycles. The second-order valence-corrected chi connectivity index (χ2v) is 6.03. The Bertz CT molecular complexity index is 563. The van der Waals surface area contributed by atoms with Crippen LogP contribution in [0.3, 0.4) is 0 Å². The molecule has 4 rings (SSSR count). The van der Waals surface area contributed by atoms with Gasteiger partial charge in [0.2, 0.25) is 0 Å². The minimum atomic E-state index is 0.408. The SMILES string of the molecule is c1ccc(C2NCCC23Cc2ccccc2C3)cc1. The summed E-state index contributed by atoms with van der Waals surface area (Å²) >= 11 is 0. The highest BCUT2D eigenvalue weighted by Crippen LogP contribution is 2.50. The van der Waals surface area contributed by atoms with Crippen molar-refractivity contribution in [3.05, 3.63) is 71.3 Å². The van der Waals surface area contributed by atoms with Gasteiger partial charge in [0, 0.05) is 6.04 Å². The predicted molar refractivity (Wildman–Crippen MR) is 78.1 cm³/mol. The second kappa shape index (κ2) is 4.21. The summed E-state index contributed by atoms with van der Waals surface area (Å²) in [7, 11) is 0. The third kappa shape index (κ3) is 1.73. The summed E-state index contributed by atoms with van der Waals surface area (Å²) in [4.78, 5) is 0. The Balaban J connectivity index is 1.72. The molecule has 0 saturated carbocycles. The molecule has 1 fully saturated rings. The predicted octanol–water partition coefficient (Wildman–Crippen LogP) is 3.51. The minimum Gasteiger partial charge on any atom is -0.309 e. The molecule has 1 aliphatic carbocycles. The number of nitrogens with one attached hydrogen (secondary N) is 1. The maximum atomic E-state index is 3.74. The molecule has 0 amide bonds. The Labute approximate surface area is 114 Å². The van der Waals surface area contributed by atoms with Gasteiger partial charge in [0.15, 0.2) is 0 Å². The number of rotatable bonds is 1. The van der Waals surface area contributed by atoms with Gasteiger partial charge in [-0.1, -0.05) is 54.6 Å². The molecule has 0 aromatic heterocycles. The van der Waals surface area contributed by atoms with E-state index in [1.165, 1.54) is 24.8 Å². The number of hydrogen-bond acceptors (Lipinski definition) is 1. The van der Waals surface area contributed by atoms with E-state index in [0.29, 0.717) is 11.5 Å². The van der Waals surface area contributed by atoms with Gasteiger partial charge < -0.3 is 5.32 Å². The first-order chi connectivity index (χ1) is 9.37. The van der Waals surface area contributed by atoms with Crippen LogP contribution in [0.1, 0.15) is 29.2 Å². The molecular weight excluding hydrogens is 230 g/mol. The Morgan fingerprint density at radius 2 is 1.47 bits per heavy atom. The van der Waals surface area contributed by atoms with Crippen molar-refractivity contribution in [1.29, 1.82) is 0 Å². The van der Waals surface area contributed by atoms with Gasteiger partial charge in [-0.2, -0.15) is 0 Å². The zero-order valence-electron chi connectivity index (χ0n) is 11.1. The molecule has 0 radical (unpaired) electrons. The van der Waals surface area contributed by atoms with Gasteiger partial charge in [-0.15, -0.1) is 0 Å². The normalized spacial score (nSPS) is 23.7. The summed E-state index contributed by atoms with van der Waals surface area (Å²) in [5, 5.41) is 3.74. The summed E-state index contributed by atoms with van der Waals surface area (Å²) in [5.74, 6) is 0. The molecule has 1 N–H and O–H groups in total. The highest BCUT2D eigenvalue weighted by Gasteiger charge is 2.46. The summed E-state index contributed by atoms with van der Waals surface area (Å²) in [5.41, 5.74) is 4.98. The second-order valence-electron chi connectivity index (χ2n) is 6.03. The van der Waals surface area contributed by atoms with Gasteiger partial charge in [-0.3, -0.25) is 0 Å². The first-order valence-corrected chi connectivity index (χ1v) is 7.23. The highest BCUT2D eigenvalue weighted by atomic mass is 15.0. The number of fused-ring (bicyclic) bond motifs is 1. The van der Waals surface area contributed by atoms with E-state index in [-0.39, 0.29) is 0 Å². The molecule has 1 atom stereocenters. The van der Waals surface area contributed by atoms with Crippen LogP contribution in [0, 0.1) is 5.41 Å². The van der Waals surface area contributed by atoms with Crippen LogP contribution in [0.25, 0.3) is 0 Å². The lowest BCUT2D eigenvalue weighted by Gasteiger charge is -2.31. The average molecular weight is 249 g/mol. The van der Waals surface area contributed by atoms with Gasteiger partial charge in [0.1, 0.15) is 0 Å². The topological polar surface area (TPSA) is 12.0 Å². The van der Waals surface area contributed by atoms with Crippen molar-refractivity contribution in [2.75, 3.05) is 6.54 Å². The van der Waals surface area contributed by atoms with E-state index >= 15 is 0 Å². The number of benzene rings is 2. The molecule has 1 aliphatic heterocycles. The highest BCUT2D eigenvalue weighted by molar-refractivity contribution is 5.38. The first-order valence-electron chi connectivity index (χ1n) is 7.23. The molecule has 0 bridgehead atoms. The Kier molecular flexibility index (Phi) is 2.49. The van der Waals surface area contributed by atoms with Crippen LogP contribution in [0.15, 0.2) is 54.6 Å². The van der Waals surface area contributed by atoms with Crippen molar-refractivity contribution < 1.29 is 0 Å². The van der Waals surface area contributed by atoms with E-state index in [2.05, 4.69) is 59.9 Å². The zero-order chi connectivity index (χ0) is 12.7. The lowest BCUT2D eigenvalue weighted by atomic mass is 9.75. The zero-order valence-corrected chi connectivity index (χ0v) is 11.1. The number of hydrogen-bond donors (Lipinski definition) is 1. The van der Waals surface area contributed by atoms with E-state index in [9.17, 15) is 0 Å². The molecule has 19 heavy (non-hydrogen) atoms. The van der Waals surface area contributed by atoms with Crippen molar-refractivity contribution in [3.63, 3.8) is 0 Å². The maximum absolute atomic E-state index is 3.74. The molecule has 1 unspecified atom stereocenters. The molecule has 2 aromatic rings. The standard InChI is InChI=1S/C18H19N/c1-2-6-14(7-3-1)17-18(10-11-19-17)12-15-8-4-5-9-16(15)13-18/h1-9,17,19H,10-13H2. The average Bonchev–Trinajstić information content (AvgIpc) is 3.03. The van der Waals surface area contributed by atoms with Gasteiger partial charge in [0.05, 0.1) is 0 Å². The van der Waals surface area contributed by atoms with Crippen molar-refractivity contribution in [2.45, 2.75) is 25.3 Å². The fraction of sp³-hybridized carbons (Fsp3) is 0.333. The third-order valence-electron chi connectivity index (χ3n) is 4.92. The van der Waals surface area contributed by atoms with E-state index in [0.717, 1.165) is 6.54 Å². The van der Waals surface area contributed by atoms with Crippen LogP contribution in [0.5, 0.6) is 0 Å². The van der Waals surface area contributed by atoms with E-state index in [1.807, 2.05) is 0 Å². The molecule has 1 saturated heterocycles. The Hall–Kier alpha value is -1.60. The van der Waals surface area contributed by atoms with Crippen molar-refractivity contribution >= 4 is 0 Å². The maximum Gasteiger partial charge on any atom is 0.0384 e. The van der Waals surface area contributed by atoms with Crippen molar-refractivity contribution in [3.8, 4) is 0 Å². The van der Waals surface area contributed by atoms with Crippen LogP contribution in [0.2, 0.25) is 0 Å². The summed E-state index contributed by atoms with van der Waals surface area (Å²) in [6.07, 6.45) is 3.76. The van der Waals surface area contributed by atoms with Gasteiger partial charge >= 0.3 is 0 Å². The van der Waals surface area contributed by atoms with Crippen LogP contribution in [0.4, 0.5) is 0 Å². The Morgan fingerprint density at radius 1 is 0.842 bits per heavy atom. The fourth-order valence-electron chi connectivity index (χ4n) is 4.05. The third-order valence-corrected chi connectivity index (χ3v) is 4.92. The van der Waals surface area contributed by atoms with Crippen LogP contribution >= 0.6 is 0 Å². The fourth-order valence-corrected chi connectivity index (χ4v) is 4.05. The van der Waals surface area contributed by atoms with E-state index in [1.54, 1.807) is 11.1 Å². The molecule has 1 nitrogen and oxygen atoms in total. The molecule has 2 aliphatic rings. The van der Waals surface area contributed by atoms with Gasteiger partial charge in [-0.05, 0) is 47.9 Å². The molecule has 96 valence electrons. The Morgan fingerprint density at radius 3 is 2.16 bits per heavy atom. The van der Waals surface area contributed by atoms with Gasteiger partial charge in [0.25, 0.3) is 0 Å². The smallest absolute Gasteiger partial charge is 0.0384 e. The lowest BCUT2D eigenvalue weighted by molar-refractivity contribution is 0.266. The first kappa shape index (κ1) is 11.2. The van der Waals surface area contributed by atoms with Gasteiger partial charge in [-0.25, -0.2) is 0 Å².